The van der Waals surface area contributed by atoms with Gasteiger partial charge < -0.3 is 5.32 Å². The highest BCUT2D eigenvalue weighted by atomic mass is 35.5. The minimum absolute atomic E-state index is 0.101. The fourth-order valence-corrected chi connectivity index (χ4v) is 4.10. The van der Waals surface area contributed by atoms with E-state index in [1.165, 1.54) is 10.6 Å². The Morgan fingerprint density at radius 3 is 2.43 bits per heavy atom. The van der Waals surface area contributed by atoms with E-state index in [1.54, 1.807) is 6.07 Å². The number of piperidine rings is 1. The molecule has 1 heterocycles. The molecule has 4 nitrogen and oxygen atoms in total. The van der Waals surface area contributed by atoms with E-state index < -0.39 is 10.0 Å². The molecule has 1 aromatic carbocycles. The van der Waals surface area contributed by atoms with Gasteiger partial charge in [-0.25, -0.2) is 12.7 Å². The molecule has 1 unspecified atom stereocenters. The molecule has 0 aliphatic carbocycles. The smallest absolute Gasteiger partial charge is 0.211 e. The molecule has 1 N–H and O–H groups in total. The van der Waals surface area contributed by atoms with Crippen LogP contribution in [0.4, 0.5) is 0 Å². The van der Waals surface area contributed by atoms with E-state index in [0.29, 0.717) is 29.2 Å². The first-order valence-corrected chi connectivity index (χ1v) is 9.54. The number of nitrogens with one attached hydrogen (secondary N) is 1. The number of sulfonamides is 1. The van der Waals surface area contributed by atoms with E-state index in [1.807, 2.05) is 12.1 Å². The summed E-state index contributed by atoms with van der Waals surface area (Å²) in [6.45, 7) is 3.19. The average Bonchev–Trinajstić information content (AvgIpc) is 2.38. The molecule has 1 saturated heterocycles. The molecule has 0 radical (unpaired) electrons. The second-order valence-electron chi connectivity index (χ2n) is 5.49. The molecule has 0 bridgehead atoms. The summed E-state index contributed by atoms with van der Waals surface area (Å²) in [6, 6.07) is 5.89. The second-order valence-corrected chi connectivity index (χ2v) is 8.32. The van der Waals surface area contributed by atoms with Crippen molar-refractivity contribution in [2.75, 3.05) is 19.3 Å². The Balaban J connectivity index is 1.94. The fraction of sp³-hybridized carbons (Fsp3) is 0.571. The van der Waals surface area contributed by atoms with Crippen molar-refractivity contribution < 1.29 is 8.42 Å². The van der Waals surface area contributed by atoms with E-state index in [-0.39, 0.29) is 6.04 Å². The Hall–Kier alpha value is -0.330. The summed E-state index contributed by atoms with van der Waals surface area (Å²) in [5.41, 5.74) is 1.01. The van der Waals surface area contributed by atoms with Crippen LogP contribution in [0.25, 0.3) is 0 Å². The lowest BCUT2D eigenvalue weighted by Gasteiger charge is -2.32. The van der Waals surface area contributed by atoms with Crippen molar-refractivity contribution in [2.24, 2.45) is 0 Å². The van der Waals surface area contributed by atoms with Gasteiger partial charge in [0.05, 0.1) is 6.26 Å². The van der Waals surface area contributed by atoms with Crippen LogP contribution < -0.4 is 5.32 Å². The first kappa shape index (κ1) is 17.0. The molecule has 0 spiro atoms. The first-order chi connectivity index (χ1) is 9.77. The van der Waals surface area contributed by atoms with E-state index in [2.05, 4.69) is 12.2 Å². The minimum Gasteiger partial charge on any atom is -0.307 e. The molecule has 1 fully saturated rings. The maximum Gasteiger partial charge on any atom is 0.211 e. The predicted molar refractivity (Wildman–Crippen MR) is 87.5 cm³/mol. The van der Waals surface area contributed by atoms with E-state index >= 15 is 0 Å². The first-order valence-electron chi connectivity index (χ1n) is 6.93. The molecule has 1 aromatic rings. The summed E-state index contributed by atoms with van der Waals surface area (Å²) in [5, 5.41) is 4.79. The lowest BCUT2D eigenvalue weighted by Crippen LogP contribution is -2.45. The molecule has 7 heteroatoms. The molecule has 1 aliphatic rings. The van der Waals surface area contributed by atoms with Crippen LogP contribution in [0.15, 0.2) is 18.2 Å². The molecule has 1 aliphatic heterocycles. The van der Waals surface area contributed by atoms with Gasteiger partial charge in [-0.1, -0.05) is 29.3 Å². The summed E-state index contributed by atoms with van der Waals surface area (Å²) in [7, 11) is -3.07. The van der Waals surface area contributed by atoms with Crippen LogP contribution in [0.2, 0.25) is 10.0 Å². The SMILES string of the molecule is CC(NC1CCN(S(C)(=O)=O)CC1)c1ccc(Cl)cc1Cl. The summed E-state index contributed by atoms with van der Waals surface area (Å²) < 4.78 is 24.5. The van der Waals surface area contributed by atoms with Crippen LogP contribution in [-0.4, -0.2) is 38.1 Å². The van der Waals surface area contributed by atoms with E-state index in [0.717, 1.165) is 18.4 Å². The lowest BCUT2D eigenvalue weighted by molar-refractivity contribution is 0.278. The van der Waals surface area contributed by atoms with Crippen LogP contribution in [0, 0.1) is 0 Å². The normalized spacial score (nSPS) is 19.6. The summed E-state index contributed by atoms with van der Waals surface area (Å²) in [4.78, 5) is 0. The Morgan fingerprint density at radius 1 is 1.29 bits per heavy atom. The van der Waals surface area contributed by atoms with Gasteiger partial charge in [0.15, 0.2) is 0 Å². The zero-order valence-corrected chi connectivity index (χ0v) is 14.5. The van der Waals surface area contributed by atoms with Gasteiger partial charge in [0.2, 0.25) is 10.0 Å². The molecular weight excluding hydrogens is 331 g/mol. The number of hydrogen-bond acceptors (Lipinski definition) is 3. The maximum atomic E-state index is 11.5. The summed E-state index contributed by atoms with van der Waals surface area (Å²) in [5.74, 6) is 0. The van der Waals surface area contributed by atoms with Gasteiger partial charge in [-0.2, -0.15) is 0 Å². The molecular formula is C14H20Cl2N2O2S. The third-order valence-corrected chi connectivity index (χ3v) is 5.70. The average molecular weight is 351 g/mol. The quantitative estimate of drug-likeness (QED) is 0.907. The standard InChI is InChI=1S/C14H20Cl2N2O2S/c1-10(13-4-3-11(15)9-14(13)16)17-12-5-7-18(8-6-12)21(2,19)20/h3-4,9-10,12,17H,5-8H2,1-2H3. The van der Waals surface area contributed by atoms with Gasteiger partial charge in [-0.05, 0) is 37.5 Å². The van der Waals surface area contributed by atoms with Crippen molar-refractivity contribution in [1.29, 1.82) is 0 Å². The predicted octanol–water partition coefficient (Wildman–Crippen LogP) is 3.07. The highest BCUT2D eigenvalue weighted by molar-refractivity contribution is 7.88. The summed E-state index contributed by atoms with van der Waals surface area (Å²) in [6.07, 6.45) is 2.88. The minimum atomic E-state index is -3.07. The molecule has 21 heavy (non-hydrogen) atoms. The third-order valence-electron chi connectivity index (χ3n) is 3.84. The van der Waals surface area contributed by atoms with Crippen molar-refractivity contribution in [2.45, 2.75) is 31.8 Å². The van der Waals surface area contributed by atoms with Crippen LogP contribution in [0.5, 0.6) is 0 Å². The van der Waals surface area contributed by atoms with Gasteiger partial charge in [0.25, 0.3) is 0 Å². The Bertz CT molecular complexity index is 599. The van der Waals surface area contributed by atoms with Crippen molar-refractivity contribution >= 4 is 33.2 Å². The highest BCUT2D eigenvalue weighted by Crippen LogP contribution is 2.27. The Kier molecular flexibility index (Phi) is 5.54. The van der Waals surface area contributed by atoms with Gasteiger partial charge in [-0.15, -0.1) is 0 Å². The molecule has 118 valence electrons. The van der Waals surface area contributed by atoms with Crippen molar-refractivity contribution in [3.8, 4) is 0 Å². The molecule has 0 saturated carbocycles. The number of rotatable bonds is 4. The topological polar surface area (TPSA) is 49.4 Å². The van der Waals surface area contributed by atoms with E-state index in [9.17, 15) is 8.42 Å². The summed E-state index contributed by atoms with van der Waals surface area (Å²) >= 11 is 12.1. The molecule has 0 amide bonds. The number of hydrogen-bond donors (Lipinski definition) is 1. The Labute approximate surface area is 136 Å². The molecule has 1 atom stereocenters. The number of nitrogens with zero attached hydrogens (tertiary/aromatic N) is 1. The third kappa shape index (κ3) is 4.57. The van der Waals surface area contributed by atoms with Crippen LogP contribution >= 0.6 is 23.2 Å². The highest BCUT2D eigenvalue weighted by Gasteiger charge is 2.26. The van der Waals surface area contributed by atoms with Gasteiger partial charge in [0, 0.05) is 35.2 Å². The number of halogens is 2. The molecule has 2 rings (SSSR count). The molecule has 0 aromatic heterocycles. The number of benzene rings is 1. The van der Waals surface area contributed by atoms with Gasteiger partial charge in [0.1, 0.15) is 0 Å². The van der Waals surface area contributed by atoms with Crippen LogP contribution in [-0.2, 0) is 10.0 Å². The van der Waals surface area contributed by atoms with Crippen molar-refractivity contribution in [1.82, 2.24) is 9.62 Å². The fourth-order valence-electron chi connectivity index (χ4n) is 2.65. The zero-order valence-electron chi connectivity index (χ0n) is 12.1. The van der Waals surface area contributed by atoms with Crippen molar-refractivity contribution in [3.63, 3.8) is 0 Å². The van der Waals surface area contributed by atoms with Crippen LogP contribution in [0.3, 0.4) is 0 Å². The van der Waals surface area contributed by atoms with Crippen LogP contribution in [0.1, 0.15) is 31.4 Å². The Morgan fingerprint density at radius 2 is 1.90 bits per heavy atom. The monoisotopic (exact) mass is 350 g/mol. The van der Waals surface area contributed by atoms with Crippen molar-refractivity contribution in [3.05, 3.63) is 33.8 Å². The zero-order chi connectivity index (χ0) is 15.6. The second kappa shape index (κ2) is 6.84. The van der Waals surface area contributed by atoms with E-state index in [4.69, 9.17) is 23.2 Å². The lowest BCUT2D eigenvalue weighted by atomic mass is 10.0. The largest absolute Gasteiger partial charge is 0.307 e. The van der Waals surface area contributed by atoms with Gasteiger partial charge in [-0.3, -0.25) is 0 Å². The maximum absolute atomic E-state index is 11.5. The van der Waals surface area contributed by atoms with Gasteiger partial charge >= 0.3 is 0 Å².